The zero-order valence-electron chi connectivity index (χ0n) is 9.41. The van der Waals surface area contributed by atoms with E-state index in [0.717, 1.165) is 10.0 Å². The molecule has 2 aromatic carbocycles. The van der Waals surface area contributed by atoms with Crippen molar-refractivity contribution >= 4 is 27.5 Å². The minimum atomic E-state index is 0.516. The first-order valence-corrected chi connectivity index (χ1v) is 6.46. The van der Waals surface area contributed by atoms with E-state index in [-0.39, 0.29) is 0 Å². The Morgan fingerprint density at radius 3 is 2.65 bits per heavy atom. The van der Waals surface area contributed by atoms with Crippen molar-refractivity contribution in [1.82, 2.24) is 0 Å². The van der Waals surface area contributed by atoms with Crippen molar-refractivity contribution < 1.29 is 4.74 Å². The van der Waals surface area contributed by atoms with Gasteiger partial charge in [0.2, 0.25) is 0 Å². The van der Waals surface area contributed by atoms with Crippen LogP contribution in [0.1, 0.15) is 11.1 Å². The summed E-state index contributed by atoms with van der Waals surface area (Å²) >= 11 is 9.52. The Hall–Kier alpha value is -0.990. The summed E-state index contributed by atoms with van der Waals surface area (Å²) < 4.78 is 6.76. The molecular weight excluding hydrogens is 300 g/mol. The molecule has 0 amide bonds. The molecule has 88 valence electrons. The van der Waals surface area contributed by atoms with Crippen LogP contribution in [-0.4, -0.2) is 0 Å². The number of ether oxygens (including phenoxy) is 1. The predicted molar refractivity (Wildman–Crippen MR) is 74.7 cm³/mol. The maximum Gasteiger partial charge on any atom is 0.138 e. The minimum Gasteiger partial charge on any atom is -0.487 e. The highest BCUT2D eigenvalue weighted by Gasteiger charge is 2.02. The molecule has 0 spiro atoms. The fourth-order valence-electron chi connectivity index (χ4n) is 1.45. The van der Waals surface area contributed by atoms with Crippen LogP contribution in [-0.2, 0) is 6.61 Å². The van der Waals surface area contributed by atoms with Crippen molar-refractivity contribution in [3.8, 4) is 5.75 Å². The van der Waals surface area contributed by atoms with Crippen LogP contribution in [0.15, 0.2) is 46.9 Å². The number of hydrogen-bond acceptors (Lipinski definition) is 1. The van der Waals surface area contributed by atoms with Gasteiger partial charge in [-0.2, -0.15) is 0 Å². The molecule has 0 bridgehead atoms. The summed E-state index contributed by atoms with van der Waals surface area (Å²) in [6, 6.07) is 13.7. The smallest absolute Gasteiger partial charge is 0.138 e. The number of hydrogen-bond donors (Lipinski definition) is 0. The van der Waals surface area contributed by atoms with Crippen molar-refractivity contribution in [3.63, 3.8) is 0 Å². The lowest BCUT2D eigenvalue weighted by atomic mass is 10.2. The van der Waals surface area contributed by atoms with Gasteiger partial charge in [0.25, 0.3) is 0 Å². The van der Waals surface area contributed by atoms with Gasteiger partial charge >= 0.3 is 0 Å². The van der Waals surface area contributed by atoms with Gasteiger partial charge in [-0.05, 0) is 36.2 Å². The van der Waals surface area contributed by atoms with Gasteiger partial charge in [-0.25, -0.2) is 0 Å². The third kappa shape index (κ3) is 3.24. The van der Waals surface area contributed by atoms with E-state index in [0.29, 0.717) is 17.4 Å². The van der Waals surface area contributed by atoms with Crippen LogP contribution in [0.4, 0.5) is 0 Å². The average Bonchev–Trinajstić information content (AvgIpc) is 2.32. The zero-order chi connectivity index (χ0) is 12.3. The van der Waals surface area contributed by atoms with Crippen LogP contribution in [0.3, 0.4) is 0 Å². The third-order valence-electron chi connectivity index (χ3n) is 2.47. The van der Waals surface area contributed by atoms with Crippen LogP contribution >= 0.6 is 27.5 Å². The maximum atomic E-state index is 6.01. The molecule has 17 heavy (non-hydrogen) atoms. The van der Waals surface area contributed by atoms with E-state index in [2.05, 4.69) is 41.1 Å². The highest BCUT2D eigenvalue weighted by atomic mass is 79.9. The second-order valence-corrected chi connectivity index (χ2v) is 5.06. The SMILES string of the molecule is Cc1ccc(COc2ccccc2Cl)cc1Br. The molecule has 2 rings (SSSR count). The molecule has 0 unspecified atom stereocenters. The van der Waals surface area contributed by atoms with E-state index in [1.54, 1.807) is 0 Å². The number of para-hydroxylation sites is 1. The second kappa shape index (κ2) is 5.56. The van der Waals surface area contributed by atoms with E-state index in [4.69, 9.17) is 16.3 Å². The first-order chi connectivity index (χ1) is 8.16. The Morgan fingerprint density at radius 1 is 1.18 bits per heavy atom. The monoisotopic (exact) mass is 310 g/mol. The van der Waals surface area contributed by atoms with Gasteiger partial charge in [-0.1, -0.05) is 51.8 Å². The van der Waals surface area contributed by atoms with Gasteiger partial charge < -0.3 is 4.74 Å². The lowest BCUT2D eigenvalue weighted by molar-refractivity contribution is 0.306. The van der Waals surface area contributed by atoms with Crippen molar-refractivity contribution in [2.75, 3.05) is 0 Å². The van der Waals surface area contributed by atoms with Gasteiger partial charge in [0, 0.05) is 4.47 Å². The number of halogens is 2. The van der Waals surface area contributed by atoms with Crippen molar-refractivity contribution in [1.29, 1.82) is 0 Å². The van der Waals surface area contributed by atoms with Gasteiger partial charge in [-0.15, -0.1) is 0 Å². The lowest BCUT2D eigenvalue weighted by Crippen LogP contribution is -1.96. The molecule has 3 heteroatoms. The molecule has 0 aliphatic rings. The molecule has 0 N–H and O–H groups in total. The van der Waals surface area contributed by atoms with E-state index in [1.807, 2.05) is 24.3 Å². The largest absolute Gasteiger partial charge is 0.487 e. The normalized spacial score (nSPS) is 10.3. The third-order valence-corrected chi connectivity index (χ3v) is 3.63. The predicted octanol–water partition coefficient (Wildman–Crippen LogP) is 4.99. The van der Waals surface area contributed by atoms with E-state index < -0.39 is 0 Å². The fraction of sp³-hybridized carbons (Fsp3) is 0.143. The van der Waals surface area contributed by atoms with Crippen LogP contribution in [0.25, 0.3) is 0 Å². The standard InChI is InChI=1S/C14H12BrClO/c1-10-6-7-11(8-12(10)15)9-17-14-5-3-2-4-13(14)16/h2-8H,9H2,1H3. The van der Waals surface area contributed by atoms with Crippen molar-refractivity contribution in [3.05, 3.63) is 63.1 Å². The summed E-state index contributed by atoms with van der Waals surface area (Å²) in [5.74, 6) is 0.714. The summed E-state index contributed by atoms with van der Waals surface area (Å²) in [4.78, 5) is 0. The van der Waals surface area contributed by atoms with Crippen LogP contribution in [0.5, 0.6) is 5.75 Å². The van der Waals surface area contributed by atoms with Crippen LogP contribution < -0.4 is 4.74 Å². The Balaban J connectivity index is 2.08. The van der Waals surface area contributed by atoms with Gasteiger partial charge in [0.1, 0.15) is 12.4 Å². The van der Waals surface area contributed by atoms with Gasteiger partial charge in [-0.3, -0.25) is 0 Å². The number of benzene rings is 2. The average molecular weight is 312 g/mol. The molecule has 1 nitrogen and oxygen atoms in total. The fourth-order valence-corrected chi connectivity index (χ4v) is 2.07. The Labute approximate surface area is 115 Å². The van der Waals surface area contributed by atoms with Crippen molar-refractivity contribution in [2.24, 2.45) is 0 Å². The highest BCUT2D eigenvalue weighted by Crippen LogP contribution is 2.25. The molecule has 0 saturated heterocycles. The molecule has 0 heterocycles. The lowest BCUT2D eigenvalue weighted by Gasteiger charge is -2.08. The molecule has 0 fully saturated rings. The highest BCUT2D eigenvalue weighted by molar-refractivity contribution is 9.10. The van der Waals surface area contributed by atoms with Gasteiger partial charge in [0.15, 0.2) is 0 Å². The van der Waals surface area contributed by atoms with Crippen LogP contribution in [0.2, 0.25) is 5.02 Å². The van der Waals surface area contributed by atoms with Gasteiger partial charge in [0.05, 0.1) is 5.02 Å². The van der Waals surface area contributed by atoms with Crippen molar-refractivity contribution in [2.45, 2.75) is 13.5 Å². The summed E-state index contributed by atoms with van der Waals surface area (Å²) in [6.07, 6.45) is 0. The molecule has 0 aliphatic carbocycles. The zero-order valence-corrected chi connectivity index (χ0v) is 11.8. The Morgan fingerprint density at radius 2 is 1.94 bits per heavy atom. The summed E-state index contributed by atoms with van der Waals surface area (Å²) in [5.41, 5.74) is 2.33. The Kier molecular flexibility index (Phi) is 4.08. The minimum absolute atomic E-state index is 0.516. The first-order valence-electron chi connectivity index (χ1n) is 5.29. The molecule has 2 aromatic rings. The molecule has 0 aromatic heterocycles. The first kappa shape index (κ1) is 12.5. The second-order valence-electron chi connectivity index (χ2n) is 3.80. The van der Waals surface area contributed by atoms with E-state index in [9.17, 15) is 0 Å². The number of aryl methyl sites for hydroxylation is 1. The number of rotatable bonds is 3. The topological polar surface area (TPSA) is 9.23 Å². The van der Waals surface area contributed by atoms with E-state index in [1.165, 1.54) is 5.56 Å². The van der Waals surface area contributed by atoms with Crippen LogP contribution in [0, 0.1) is 6.92 Å². The van der Waals surface area contributed by atoms with E-state index >= 15 is 0 Å². The summed E-state index contributed by atoms with van der Waals surface area (Å²) in [6.45, 7) is 2.57. The molecular formula is C14H12BrClO. The molecule has 0 aliphatic heterocycles. The quantitative estimate of drug-likeness (QED) is 0.776. The molecule has 0 atom stereocenters. The summed E-state index contributed by atoms with van der Waals surface area (Å²) in [7, 11) is 0. The molecule has 0 radical (unpaired) electrons. The molecule has 0 saturated carbocycles. The Bertz CT molecular complexity index is 525. The summed E-state index contributed by atoms with van der Waals surface area (Å²) in [5, 5.41) is 0.638. The maximum absolute atomic E-state index is 6.01.